The standard InChI is InChI=1S/C20H19N3O5S/c1-4-12-5-7-14(8-6-12)21-20-22-19(24)18(29-20)10-13-9-15(23(25)26)17(28-3)11-16(13)27-2/h5-11H,4H2,1-3H3,(H,21,22,24)/b18-10-. The van der Waals surface area contributed by atoms with Crippen molar-refractivity contribution in [2.24, 2.45) is 4.99 Å². The lowest BCUT2D eigenvalue weighted by Crippen LogP contribution is -2.19. The second-order valence-corrected chi connectivity index (χ2v) is 7.06. The third kappa shape index (κ3) is 4.57. The summed E-state index contributed by atoms with van der Waals surface area (Å²) in [5.74, 6) is 0.101. The van der Waals surface area contributed by atoms with Crippen LogP contribution in [-0.2, 0) is 11.2 Å². The Kier molecular flexibility index (Phi) is 6.18. The van der Waals surface area contributed by atoms with Crippen LogP contribution in [0.5, 0.6) is 11.5 Å². The van der Waals surface area contributed by atoms with E-state index >= 15 is 0 Å². The number of nitro benzene ring substituents is 1. The molecule has 8 nitrogen and oxygen atoms in total. The van der Waals surface area contributed by atoms with Crippen molar-refractivity contribution >= 4 is 40.3 Å². The van der Waals surface area contributed by atoms with Crippen LogP contribution in [0, 0.1) is 10.1 Å². The number of nitro groups is 1. The van der Waals surface area contributed by atoms with Gasteiger partial charge in [0, 0.05) is 17.7 Å². The van der Waals surface area contributed by atoms with Gasteiger partial charge in [-0.1, -0.05) is 19.1 Å². The van der Waals surface area contributed by atoms with Crippen molar-refractivity contribution in [1.82, 2.24) is 5.32 Å². The van der Waals surface area contributed by atoms with Crippen LogP contribution < -0.4 is 14.8 Å². The number of nitrogens with zero attached hydrogens (tertiary/aromatic N) is 2. The normalized spacial score (nSPS) is 16.2. The lowest BCUT2D eigenvalue weighted by atomic mass is 10.1. The van der Waals surface area contributed by atoms with Gasteiger partial charge in [-0.05, 0) is 42.0 Å². The van der Waals surface area contributed by atoms with E-state index in [0.29, 0.717) is 21.4 Å². The fourth-order valence-corrected chi connectivity index (χ4v) is 3.54. The molecule has 1 fully saturated rings. The van der Waals surface area contributed by atoms with Gasteiger partial charge in [0.15, 0.2) is 5.17 Å². The minimum atomic E-state index is -0.547. The molecule has 1 heterocycles. The van der Waals surface area contributed by atoms with Crippen LogP contribution in [0.4, 0.5) is 11.4 Å². The molecule has 0 unspecified atom stereocenters. The van der Waals surface area contributed by atoms with Crippen molar-refractivity contribution in [2.45, 2.75) is 13.3 Å². The third-order valence-electron chi connectivity index (χ3n) is 4.24. The Morgan fingerprint density at radius 1 is 1.17 bits per heavy atom. The number of ether oxygens (including phenoxy) is 2. The van der Waals surface area contributed by atoms with Gasteiger partial charge in [-0.15, -0.1) is 0 Å². The fourth-order valence-electron chi connectivity index (χ4n) is 2.71. The molecule has 1 saturated heterocycles. The molecule has 1 aliphatic heterocycles. The maximum Gasteiger partial charge on any atom is 0.311 e. The van der Waals surface area contributed by atoms with Crippen LogP contribution in [0.1, 0.15) is 18.1 Å². The Morgan fingerprint density at radius 3 is 2.45 bits per heavy atom. The van der Waals surface area contributed by atoms with Crippen molar-refractivity contribution in [3.05, 3.63) is 62.5 Å². The van der Waals surface area contributed by atoms with E-state index < -0.39 is 4.92 Å². The van der Waals surface area contributed by atoms with Gasteiger partial charge in [0.25, 0.3) is 5.91 Å². The number of carbonyl (C=O) groups excluding carboxylic acids is 1. The molecular formula is C20H19N3O5S. The zero-order chi connectivity index (χ0) is 21.0. The molecule has 0 aliphatic carbocycles. The molecule has 0 radical (unpaired) electrons. The predicted molar refractivity (Wildman–Crippen MR) is 113 cm³/mol. The molecule has 9 heteroatoms. The highest BCUT2D eigenvalue weighted by molar-refractivity contribution is 8.18. The largest absolute Gasteiger partial charge is 0.496 e. The predicted octanol–water partition coefficient (Wildman–Crippen LogP) is 4.07. The van der Waals surface area contributed by atoms with Crippen LogP contribution in [-0.4, -0.2) is 30.2 Å². The van der Waals surface area contributed by atoms with Crippen LogP contribution in [0.25, 0.3) is 6.08 Å². The molecule has 29 heavy (non-hydrogen) atoms. The first-order chi connectivity index (χ1) is 13.9. The maximum absolute atomic E-state index is 12.3. The molecule has 1 aliphatic rings. The summed E-state index contributed by atoms with van der Waals surface area (Å²) in [4.78, 5) is 27.9. The summed E-state index contributed by atoms with van der Waals surface area (Å²) in [6.45, 7) is 2.07. The van der Waals surface area contributed by atoms with E-state index in [1.54, 1.807) is 0 Å². The molecule has 1 amide bonds. The summed E-state index contributed by atoms with van der Waals surface area (Å²) in [6.07, 6.45) is 2.47. The summed E-state index contributed by atoms with van der Waals surface area (Å²) in [5.41, 5.74) is 2.11. The number of methoxy groups -OCH3 is 2. The van der Waals surface area contributed by atoms with Gasteiger partial charge in [0.1, 0.15) is 5.75 Å². The number of thioether (sulfide) groups is 1. The molecule has 2 aromatic rings. The van der Waals surface area contributed by atoms with Crippen molar-refractivity contribution in [2.75, 3.05) is 14.2 Å². The third-order valence-corrected chi connectivity index (χ3v) is 5.15. The van der Waals surface area contributed by atoms with Gasteiger partial charge in [0.2, 0.25) is 5.75 Å². The van der Waals surface area contributed by atoms with E-state index in [2.05, 4.69) is 17.2 Å². The Balaban J connectivity index is 1.92. The summed E-state index contributed by atoms with van der Waals surface area (Å²) < 4.78 is 10.3. The topological polar surface area (TPSA) is 103 Å². The smallest absolute Gasteiger partial charge is 0.311 e. The lowest BCUT2D eigenvalue weighted by Gasteiger charge is -2.08. The first-order valence-corrected chi connectivity index (χ1v) is 9.55. The first-order valence-electron chi connectivity index (χ1n) is 8.74. The molecule has 3 rings (SSSR count). The molecule has 0 atom stereocenters. The van der Waals surface area contributed by atoms with Crippen LogP contribution in [0.15, 0.2) is 46.3 Å². The quantitative estimate of drug-likeness (QED) is 0.435. The van der Waals surface area contributed by atoms with Gasteiger partial charge in [-0.2, -0.15) is 0 Å². The summed E-state index contributed by atoms with van der Waals surface area (Å²) in [7, 11) is 2.79. The molecule has 0 aromatic heterocycles. The van der Waals surface area contributed by atoms with Gasteiger partial charge >= 0.3 is 5.69 Å². The number of carbonyl (C=O) groups is 1. The monoisotopic (exact) mass is 413 g/mol. The number of aliphatic imine (C=N–C) groups is 1. The molecule has 0 bridgehead atoms. The van der Waals surface area contributed by atoms with Crippen LogP contribution >= 0.6 is 11.8 Å². The Hall–Kier alpha value is -3.33. The summed E-state index contributed by atoms with van der Waals surface area (Å²) in [6, 6.07) is 10.5. The minimum Gasteiger partial charge on any atom is -0.496 e. The van der Waals surface area contributed by atoms with Gasteiger partial charge in [0.05, 0.1) is 29.7 Å². The number of benzene rings is 2. The molecule has 0 saturated carbocycles. The van der Waals surface area contributed by atoms with Gasteiger partial charge in [-0.25, -0.2) is 4.99 Å². The number of nitrogens with one attached hydrogen (secondary N) is 1. The zero-order valence-corrected chi connectivity index (χ0v) is 16.9. The number of amidine groups is 1. The molecule has 150 valence electrons. The molecule has 0 spiro atoms. The number of hydrogen-bond acceptors (Lipinski definition) is 7. The van der Waals surface area contributed by atoms with Crippen molar-refractivity contribution < 1.29 is 19.2 Å². The number of rotatable bonds is 6. The molecule has 1 N–H and O–H groups in total. The van der Waals surface area contributed by atoms with Crippen LogP contribution in [0.2, 0.25) is 0 Å². The molecule has 2 aromatic carbocycles. The van der Waals surface area contributed by atoms with Crippen LogP contribution in [0.3, 0.4) is 0 Å². The average molecular weight is 413 g/mol. The lowest BCUT2D eigenvalue weighted by molar-refractivity contribution is -0.385. The van der Waals surface area contributed by atoms with E-state index in [9.17, 15) is 14.9 Å². The Bertz CT molecular complexity index is 1020. The zero-order valence-electron chi connectivity index (χ0n) is 16.1. The van der Waals surface area contributed by atoms with E-state index in [4.69, 9.17) is 9.47 Å². The average Bonchev–Trinajstić information content (AvgIpc) is 3.06. The summed E-state index contributed by atoms with van der Waals surface area (Å²) >= 11 is 1.16. The van der Waals surface area contributed by atoms with Crippen molar-refractivity contribution in [1.29, 1.82) is 0 Å². The summed E-state index contributed by atoms with van der Waals surface area (Å²) in [5, 5.41) is 14.4. The number of amides is 1. The highest BCUT2D eigenvalue weighted by Crippen LogP contribution is 2.37. The van der Waals surface area contributed by atoms with E-state index in [0.717, 1.165) is 23.9 Å². The maximum atomic E-state index is 12.3. The SMILES string of the molecule is CCc1ccc(N=C2NC(=O)/C(=C/c3cc([N+](=O)[O-])c(OC)cc3OC)S2)cc1. The number of aryl methyl sites for hydroxylation is 1. The number of hydrogen-bond donors (Lipinski definition) is 1. The Morgan fingerprint density at radius 2 is 1.86 bits per heavy atom. The Labute approximate surface area is 171 Å². The van der Waals surface area contributed by atoms with E-state index in [-0.39, 0.29) is 17.3 Å². The highest BCUT2D eigenvalue weighted by Gasteiger charge is 2.26. The van der Waals surface area contributed by atoms with Gasteiger partial charge in [-0.3, -0.25) is 14.9 Å². The first kappa shape index (κ1) is 20.4. The second kappa shape index (κ2) is 8.78. The molecular weight excluding hydrogens is 394 g/mol. The van der Waals surface area contributed by atoms with Gasteiger partial charge < -0.3 is 14.8 Å². The minimum absolute atomic E-state index is 0.0790. The second-order valence-electron chi connectivity index (χ2n) is 6.02. The van der Waals surface area contributed by atoms with Crippen molar-refractivity contribution in [3.8, 4) is 11.5 Å². The highest BCUT2D eigenvalue weighted by atomic mass is 32.2. The van der Waals surface area contributed by atoms with E-state index in [1.165, 1.54) is 38.0 Å². The fraction of sp³-hybridized carbons (Fsp3) is 0.200. The van der Waals surface area contributed by atoms with E-state index in [1.807, 2.05) is 24.3 Å². The van der Waals surface area contributed by atoms with Crippen molar-refractivity contribution in [3.63, 3.8) is 0 Å².